The average Bonchev–Trinajstić information content (AvgIpc) is 2.87. The van der Waals surface area contributed by atoms with Crippen molar-refractivity contribution in [1.29, 1.82) is 0 Å². The summed E-state index contributed by atoms with van der Waals surface area (Å²) in [5.74, 6) is 0.943. The van der Waals surface area contributed by atoms with Crippen LogP contribution in [0.25, 0.3) is 5.76 Å². The molecule has 0 saturated heterocycles. The van der Waals surface area contributed by atoms with E-state index < -0.39 is 0 Å². The minimum Gasteiger partial charge on any atom is -0.415 e. The molecule has 0 atom stereocenters. The van der Waals surface area contributed by atoms with Crippen molar-refractivity contribution in [3.05, 3.63) is 41.8 Å². The highest BCUT2D eigenvalue weighted by molar-refractivity contribution is 5.71. The summed E-state index contributed by atoms with van der Waals surface area (Å²) >= 11 is 0. The molecule has 0 N–H and O–H groups in total. The fourth-order valence-corrected chi connectivity index (χ4v) is 0.955. The molecule has 0 fully saturated rings. The Morgan fingerprint density at radius 3 is 2.67 bits per heavy atom. The summed E-state index contributed by atoms with van der Waals surface area (Å²) in [5.41, 5.74) is 0.925. The third-order valence-electron chi connectivity index (χ3n) is 1.53. The van der Waals surface area contributed by atoms with Crippen molar-refractivity contribution < 1.29 is 14.3 Å². The predicted octanol–water partition coefficient (Wildman–Crippen LogP) is 1.52. The van der Waals surface area contributed by atoms with Gasteiger partial charge in [-0.15, -0.1) is 0 Å². The topological polar surface area (TPSA) is 38.8 Å². The molecule has 0 radical (unpaired) electrons. The summed E-state index contributed by atoms with van der Waals surface area (Å²) in [5, 5.41) is 0. The second-order valence-corrected chi connectivity index (χ2v) is 2.30. The predicted molar refractivity (Wildman–Crippen MR) is 41.6 cm³/mol. The Bertz CT molecular complexity index is 327. The zero-order valence-electron chi connectivity index (χ0n) is 6.19. The van der Waals surface area contributed by atoms with Gasteiger partial charge in [0.15, 0.2) is 0 Å². The van der Waals surface area contributed by atoms with Crippen LogP contribution in [0.2, 0.25) is 0 Å². The Hall–Kier alpha value is -1.77. The molecular weight excluding hydrogens is 156 g/mol. The first-order chi connectivity index (χ1) is 5.92. The number of hydrogen-bond acceptors (Lipinski definition) is 3. The molecule has 3 heteroatoms. The molecule has 0 aromatic heterocycles. The lowest BCUT2D eigenvalue weighted by molar-refractivity contribution is -0.126. The molecule has 1 aliphatic rings. The van der Waals surface area contributed by atoms with Gasteiger partial charge in [0.05, 0.1) is 0 Å². The second kappa shape index (κ2) is 2.70. The molecule has 1 heterocycles. The molecule has 60 valence electrons. The van der Waals surface area contributed by atoms with Crippen molar-refractivity contribution in [2.24, 2.45) is 0 Å². The minimum atomic E-state index is 0.302. The van der Waals surface area contributed by atoms with Gasteiger partial charge >= 0.3 is 12.4 Å². The van der Waals surface area contributed by atoms with Gasteiger partial charge in [-0.1, -0.05) is 30.3 Å². The van der Waals surface area contributed by atoms with Crippen molar-refractivity contribution in [3.8, 4) is 0 Å². The number of benzene rings is 1. The van der Waals surface area contributed by atoms with E-state index in [9.17, 15) is 4.79 Å². The normalized spacial score (nSPS) is 13.7. The average molecular weight is 162 g/mol. The Morgan fingerprint density at radius 2 is 2.00 bits per heavy atom. The van der Waals surface area contributed by atoms with E-state index in [4.69, 9.17) is 4.74 Å². The van der Waals surface area contributed by atoms with Gasteiger partial charge in [-0.2, -0.15) is 0 Å². The summed E-state index contributed by atoms with van der Waals surface area (Å²) in [6.45, 7) is 0.352. The molecule has 12 heavy (non-hydrogen) atoms. The maximum atomic E-state index is 9.90. The van der Waals surface area contributed by atoms with Crippen LogP contribution in [0.3, 0.4) is 0 Å². The summed E-state index contributed by atoms with van der Waals surface area (Å²) in [4.78, 5) is 9.90. The van der Waals surface area contributed by atoms with E-state index in [1.165, 1.54) is 0 Å². The zero-order valence-corrected chi connectivity index (χ0v) is 6.19. The van der Waals surface area contributed by atoms with Crippen LogP contribution in [0.4, 0.5) is 0 Å². The quantitative estimate of drug-likeness (QED) is 0.632. The van der Waals surface area contributed by atoms with E-state index in [0.29, 0.717) is 18.2 Å². The molecule has 0 saturated carbocycles. The third kappa shape index (κ3) is 1.16. The molecule has 3 nitrogen and oxygen atoms in total. The minimum absolute atomic E-state index is 0.302. The van der Waals surface area contributed by atoms with Gasteiger partial charge in [0, 0.05) is 5.56 Å². The number of carbonyl (C=O) groups excluding carboxylic acids is 1. The van der Waals surface area contributed by atoms with Crippen molar-refractivity contribution in [3.63, 3.8) is 0 Å². The fraction of sp³-hybridized carbons (Fsp3) is 0. The molecule has 1 aromatic rings. The lowest BCUT2D eigenvalue weighted by atomic mass is 10.2. The van der Waals surface area contributed by atoms with Crippen molar-refractivity contribution in [2.75, 3.05) is 0 Å². The first-order valence-corrected chi connectivity index (χ1v) is 3.49. The van der Waals surface area contributed by atoms with Gasteiger partial charge in [-0.25, -0.2) is 0 Å². The Labute approximate surface area is 69.2 Å². The maximum Gasteiger partial charge on any atom is 0.338 e. The van der Waals surface area contributed by atoms with Crippen molar-refractivity contribution in [2.45, 2.75) is 0 Å². The molecular formula is C9H6O3. The molecule has 0 amide bonds. The smallest absolute Gasteiger partial charge is 0.338 e. The van der Waals surface area contributed by atoms with E-state index in [-0.39, 0.29) is 0 Å². The maximum absolute atomic E-state index is 9.90. The fourth-order valence-electron chi connectivity index (χ4n) is 0.955. The van der Waals surface area contributed by atoms with E-state index in [1.54, 1.807) is 0 Å². The lowest BCUT2D eigenvalue weighted by Crippen LogP contribution is -1.74. The largest absolute Gasteiger partial charge is 0.415 e. The van der Waals surface area contributed by atoms with Gasteiger partial charge in [-0.3, -0.25) is 4.79 Å². The van der Waals surface area contributed by atoms with E-state index in [2.05, 4.69) is 4.74 Å². The number of hydrogen-bond donors (Lipinski definition) is 0. The van der Waals surface area contributed by atoms with Gasteiger partial charge in [0.1, 0.15) is 0 Å². The lowest BCUT2D eigenvalue weighted by Gasteiger charge is -1.85. The highest BCUT2D eigenvalue weighted by Crippen LogP contribution is 2.35. The highest BCUT2D eigenvalue weighted by Gasteiger charge is 2.29. The molecule has 2 rings (SSSR count). The van der Waals surface area contributed by atoms with E-state index >= 15 is 0 Å². The Balaban J connectivity index is 2.19. The first kappa shape index (κ1) is 6.91. The van der Waals surface area contributed by atoms with Gasteiger partial charge in [0.25, 0.3) is 0 Å². The third-order valence-corrected chi connectivity index (χ3v) is 1.53. The van der Waals surface area contributed by atoms with Crippen LogP contribution in [-0.4, -0.2) is 6.47 Å². The summed E-state index contributed by atoms with van der Waals surface area (Å²) in [7, 11) is 0. The first-order valence-electron chi connectivity index (χ1n) is 3.49. The molecule has 1 aliphatic heterocycles. The van der Waals surface area contributed by atoms with Crippen LogP contribution in [-0.2, 0) is 14.3 Å². The Kier molecular flexibility index (Phi) is 1.55. The van der Waals surface area contributed by atoms with Gasteiger partial charge in [-0.05, 0) is 0 Å². The van der Waals surface area contributed by atoms with Crippen molar-refractivity contribution in [1.82, 2.24) is 0 Å². The molecule has 1 aromatic carbocycles. The highest BCUT2D eigenvalue weighted by atomic mass is 16.7. The van der Waals surface area contributed by atoms with Crippen LogP contribution >= 0.6 is 0 Å². The second-order valence-electron chi connectivity index (χ2n) is 2.30. The van der Waals surface area contributed by atoms with E-state index in [1.807, 2.05) is 30.3 Å². The van der Waals surface area contributed by atoms with E-state index in [0.717, 1.165) is 5.56 Å². The SMILES string of the molecule is O=COC1=C(c2ccccc2)O1. The van der Waals surface area contributed by atoms with Crippen molar-refractivity contribution >= 4 is 12.2 Å². The van der Waals surface area contributed by atoms with Crippen LogP contribution in [0, 0.1) is 0 Å². The van der Waals surface area contributed by atoms with Crippen LogP contribution in [0.15, 0.2) is 36.3 Å². The van der Waals surface area contributed by atoms with Crippen LogP contribution < -0.4 is 0 Å². The molecule has 0 spiro atoms. The van der Waals surface area contributed by atoms with Gasteiger partial charge < -0.3 is 9.47 Å². The van der Waals surface area contributed by atoms with Gasteiger partial charge in [0.2, 0.25) is 5.76 Å². The summed E-state index contributed by atoms with van der Waals surface area (Å²) in [6, 6.07) is 9.46. The molecule has 0 aliphatic carbocycles. The monoisotopic (exact) mass is 162 g/mol. The molecule has 0 unspecified atom stereocenters. The summed E-state index contributed by atoms with van der Waals surface area (Å²) < 4.78 is 9.42. The number of rotatable bonds is 3. The number of carbonyl (C=O) groups is 1. The zero-order chi connectivity index (χ0) is 8.39. The summed E-state index contributed by atoms with van der Waals surface area (Å²) in [6.07, 6.45) is 0. The molecule has 0 bridgehead atoms. The van der Waals surface area contributed by atoms with Crippen LogP contribution in [0.1, 0.15) is 5.56 Å². The number of ether oxygens (including phenoxy) is 2. The standard InChI is InChI=1S/C9H6O3/c10-6-11-9-8(12-9)7-4-2-1-3-5-7/h1-6H. The Morgan fingerprint density at radius 1 is 1.25 bits per heavy atom. The van der Waals surface area contributed by atoms with Crippen LogP contribution in [0.5, 0.6) is 0 Å².